The fraction of sp³-hybridized carbons (Fsp3) is 0.238. The summed E-state index contributed by atoms with van der Waals surface area (Å²) in [5, 5.41) is 4.41. The zero-order valence-corrected chi connectivity index (χ0v) is 15.5. The van der Waals surface area contributed by atoms with Gasteiger partial charge in [0.2, 0.25) is 11.7 Å². The van der Waals surface area contributed by atoms with Gasteiger partial charge in [-0.3, -0.25) is 4.79 Å². The van der Waals surface area contributed by atoms with E-state index in [1.807, 2.05) is 23.8 Å². The van der Waals surface area contributed by atoms with Gasteiger partial charge < -0.3 is 19.6 Å². The predicted octanol–water partition coefficient (Wildman–Crippen LogP) is 4.06. The van der Waals surface area contributed by atoms with Gasteiger partial charge in [0.25, 0.3) is 0 Å². The lowest BCUT2D eigenvalue weighted by Crippen LogP contribution is -2.19. The van der Waals surface area contributed by atoms with Crippen LogP contribution in [0.1, 0.15) is 18.4 Å². The van der Waals surface area contributed by atoms with Crippen LogP contribution in [-0.2, 0) is 6.54 Å². The summed E-state index contributed by atoms with van der Waals surface area (Å²) in [4.78, 5) is 19.7. The summed E-state index contributed by atoms with van der Waals surface area (Å²) in [6, 6.07) is 6.16. The number of hydrogen-bond acceptors (Lipinski definition) is 4. The minimum absolute atomic E-state index is 0.239. The van der Waals surface area contributed by atoms with Crippen molar-refractivity contribution in [2.75, 3.05) is 12.4 Å². The maximum atomic E-state index is 12.3. The maximum Gasteiger partial charge on any atom is 0.316 e. The average molecular weight is 362 g/mol. The maximum absolute atomic E-state index is 12.3. The van der Waals surface area contributed by atoms with Gasteiger partial charge in [-0.25, -0.2) is 0 Å². The fourth-order valence-electron chi connectivity index (χ4n) is 3.37. The number of ether oxygens (including phenoxy) is 1. The molecule has 3 aromatic rings. The van der Waals surface area contributed by atoms with Crippen LogP contribution in [-0.4, -0.2) is 21.6 Å². The van der Waals surface area contributed by atoms with Crippen LogP contribution in [0.4, 0.5) is 11.6 Å². The van der Waals surface area contributed by atoms with E-state index in [2.05, 4.69) is 45.6 Å². The second kappa shape index (κ2) is 7.15. The molecule has 2 aromatic heterocycles. The Morgan fingerprint density at radius 2 is 2.26 bits per heavy atom. The highest BCUT2D eigenvalue weighted by molar-refractivity contribution is 5.93. The fourth-order valence-corrected chi connectivity index (χ4v) is 3.37. The predicted molar refractivity (Wildman–Crippen MR) is 108 cm³/mol. The molecule has 0 amide bonds. The van der Waals surface area contributed by atoms with Crippen LogP contribution in [0.5, 0.6) is 5.75 Å². The number of hydrogen-bond donors (Lipinski definition) is 2. The number of aryl methyl sites for hydroxylation is 1. The number of fused-ring (bicyclic) bond motifs is 1. The van der Waals surface area contributed by atoms with Crippen molar-refractivity contribution in [2.24, 2.45) is 0 Å². The third-order valence-electron chi connectivity index (χ3n) is 4.72. The van der Waals surface area contributed by atoms with E-state index in [9.17, 15) is 4.79 Å². The van der Waals surface area contributed by atoms with Gasteiger partial charge in [-0.2, -0.15) is 4.98 Å². The molecule has 6 heteroatoms. The Morgan fingerprint density at radius 3 is 3.04 bits per heavy atom. The van der Waals surface area contributed by atoms with E-state index in [0.29, 0.717) is 12.5 Å². The number of rotatable bonds is 5. The molecule has 0 atom stereocenters. The summed E-state index contributed by atoms with van der Waals surface area (Å²) >= 11 is 0. The van der Waals surface area contributed by atoms with Gasteiger partial charge in [-0.15, -0.1) is 0 Å². The van der Waals surface area contributed by atoms with Crippen molar-refractivity contribution in [3.05, 3.63) is 70.3 Å². The van der Waals surface area contributed by atoms with Crippen LogP contribution in [0, 0.1) is 6.92 Å². The molecular weight excluding hydrogens is 340 g/mol. The van der Waals surface area contributed by atoms with Gasteiger partial charge in [0.15, 0.2) is 0 Å². The molecule has 0 bridgehead atoms. The molecule has 0 saturated carbocycles. The summed E-state index contributed by atoms with van der Waals surface area (Å²) in [7, 11) is 1.49. The highest BCUT2D eigenvalue weighted by Gasteiger charge is 2.13. The zero-order chi connectivity index (χ0) is 18.8. The molecule has 0 spiro atoms. The Hall–Kier alpha value is -3.28. The van der Waals surface area contributed by atoms with E-state index in [1.54, 1.807) is 6.20 Å². The van der Waals surface area contributed by atoms with Gasteiger partial charge in [0, 0.05) is 23.6 Å². The lowest BCUT2D eigenvalue weighted by molar-refractivity contribution is 0.402. The number of nitrogens with zero attached hydrogens (tertiary/aromatic N) is 2. The summed E-state index contributed by atoms with van der Waals surface area (Å²) in [5.74, 6) is 0.743. The molecule has 138 valence electrons. The number of methoxy groups -OCH3 is 1. The molecule has 0 fully saturated rings. The SMILES string of the molecule is COc1cn(CC2=CC=CCC2)c(Nc2cc(C)cc3[nH]ccc23)nc1=O. The van der Waals surface area contributed by atoms with Crippen molar-refractivity contribution in [1.29, 1.82) is 0 Å². The number of anilines is 2. The van der Waals surface area contributed by atoms with Gasteiger partial charge in [-0.05, 0) is 43.5 Å². The molecule has 6 nitrogen and oxygen atoms in total. The molecule has 0 radical (unpaired) electrons. The van der Waals surface area contributed by atoms with Crippen molar-refractivity contribution >= 4 is 22.5 Å². The first-order chi connectivity index (χ1) is 13.1. The van der Waals surface area contributed by atoms with Crippen molar-refractivity contribution in [2.45, 2.75) is 26.3 Å². The molecule has 1 aliphatic carbocycles. The third kappa shape index (κ3) is 3.51. The molecule has 4 rings (SSSR count). The van der Waals surface area contributed by atoms with E-state index < -0.39 is 0 Å². The van der Waals surface area contributed by atoms with Gasteiger partial charge in [-0.1, -0.05) is 23.8 Å². The van der Waals surface area contributed by atoms with Gasteiger partial charge in [0.05, 0.1) is 19.0 Å². The molecule has 2 heterocycles. The Bertz CT molecular complexity index is 1110. The zero-order valence-electron chi connectivity index (χ0n) is 15.5. The summed E-state index contributed by atoms with van der Waals surface area (Å²) in [6.07, 6.45) is 12.0. The summed E-state index contributed by atoms with van der Waals surface area (Å²) < 4.78 is 7.13. The smallest absolute Gasteiger partial charge is 0.316 e. The number of aromatic amines is 1. The van der Waals surface area contributed by atoms with Crippen molar-refractivity contribution in [1.82, 2.24) is 14.5 Å². The molecule has 0 unspecified atom stereocenters. The summed E-state index contributed by atoms with van der Waals surface area (Å²) in [5.41, 5.74) is 3.97. The molecule has 1 aromatic carbocycles. The highest BCUT2D eigenvalue weighted by atomic mass is 16.5. The number of aromatic nitrogens is 3. The second-order valence-electron chi connectivity index (χ2n) is 6.73. The highest BCUT2D eigenvalue weighted by Crippen LogP contribution is 2.27. The first-order valence-corrected chi connectivity index (χ1v) is 8.99. The van der Waals surface area contributed by atoms with E-state index in [0.717, 1.165) is 35.0 Å². The van der Waals surface area contributed by atoms with Gasteiger partial charge >= 0.3 is 5.56 Å². The van der Waals surface area contributed by atoms with E-state index in [1.165, 1.54) is 12.7 Å². The third-order valence-corrected chi connectivity index (χ3v) is 4.72. The van der Waals surface area contributed by atoms with Crippen LogP contribution >= 0.6 is 0 Å². The van der Waals surface area contributed by atoms with E-state index in [4.69, 9.17) is 4.74 Å². The molecular formula is C21H22N4O2. The van der Waals surface area contributed by atoms with Crippen LogP contribution in [0.15, 0.2) is 59.2 Å². The first kappa shape index (κ1) is 17.1. The minimum atomic E-state index is -0.383. The van der Waals surface area contributed by atoms with Crippen LogP contribution in [0.2, 0.25) is 0 Å². The quantitative estimate of drug-likeness (QED) is 0.718. The van der Waals surface area contributed by atoms with E-state index in [-0.39, 0.29) is 11.3 Å². The number of allylic oxidation sites excluding steroid dienone is 4. The average Bonchev–Trinajstić information content (AvgIpc) is 3.13. The molecule has 0 aliphatic heterocycles. The Labute approximate surface area is 157 Å². The Balaban J connectivity index is 1.77. The van der Waals surface area contributed by atoms with Gasteiger partial charge in [0.1, 0.15) is 0 Å². The van der Waals surface area contributed by atoms with Crippen molar-refractivity contribution in [3.8, 4) is 5.75 Å². The standard InChI is InChI=1S/C21H22N4O2/c1-14-10-17-16(8-9-22-17)18(11-14)23-21-24-20(26)19(27-2)13-25(21)12-15-6-4-3-5-7-15/h3-4,6,8-11,13,22H,5,7,12H2,1-2H3,(H,23,24,26). The minimum Gasteiger partial charge on any atom is -0.490 e. The monoisotopic (exact) mass is 362 g/mol. The van der Waals surface area contributed by atoms with Crippen LogP contribution < -0.4 is 15.6 Å². The van der Waals surface area contributed by atoms with Crippen LogP contribution in [0.3, 0.4) is 0 Å². The second-order valence-corrected chi connectivity index (χ2v) is 6.73. The molecule has 27 heavy (non-hydrogen) atoms. The Kier molecular flexibility index (Phi) is 4.54. The molecule has 2 N–H and O–H groups in total. The lowest BCUT2D eigenvalue weighted by atomic mass is 10.1. The molecule has 1 aliphatic rings. The summed E-state index contributed by atoms with van der Waals surface area (Å²) in [6.45, 7) is 2.69. The van der Waals surface area contributed by atoms with Crippen LogP contribution in [0.25, 0.3) is 10.9 Å². The topological polar surface area (TPSA) is 71.9 Å². The number of H-pyrrole nitrogens is 1. The van der Waals surface area contributed by atoms with E-state index >= 15 is 0 Å². The normalized spacial score (nSPS) is 13.6. The largest absolute Gasteiger partial charge is 0.490 e. The van der Waals surface area contributed by atoms with Crippen molar-refractivity contribution in [3.63, 3.8) is 0 Å². The van der Waals surface area contributed by atoms with Crippen molar-refractivity contribution < 1.29 is 4.74 Å². The molecule has 0 saturated heterocycles. The lowest BCUT2D eigenvalue weighted by Gasteiger charge is -2.18. The Morgan fingerprint density at radius 1 is 1.37 bits per heavy atom. The number of benzene rings is 1. The first-order valence-electron chi connectivity index (χ1n) is 8.99. The number of nitrogens with one attached hydrogen (secondary N) is 2.